The smallest absolute Gasteiger partial charge is 0.181 e. The topological polar surface area (TPSA) is 61.1 Å². The van der Waals surface area contributed by atoms with Crippen LogP contribution in [0.25, 0.3) is 0 Å². The second-order valence-electron chi connectivity index (χ2n) is 3.30. The third-order valence-corrected chi connectivity index (χ3v) is 2.01. The second kappa shape index (κ2) is 5.08. The van der Waals surface area contributed by atoms with Crippen LogP contribution in [-0.2, 0) is 11.2 Å². The van der Waals surface area contributed by atoms with E-state index in [-0.39, 0.29) is 17.8 Å². The van der Waals surface area contributed by atoms with Crippen LogP contribution in [0.15, 0.2) is 35.6 Å². The number of halogens is 1. The van der Waals surface area contributed by atoms with E-state index in [1.165, 1.54) is 25.1 Å². The lowest BCUT2D eigenvalue weighted by molar-refractivity contribution is -0.114. The fourth-order valence-electron chi connectivity index (χ4n) is 1.27. The molecule has 0 bridgehead atoms. The maximum atomic E-state index is 12.8. The SMILES string of the molecule is C/C(O)=C(\C#N)C(=O)Cc1cccc(F)c1. The molecule has 0 aromatic heterocycles. The minimum atomic E-state index is -0.520. The predicted molar refractivity (Wildman–Crippen MR) is 56.1 cm³/mol. The van der Waals surface area contributed by atoms with Crippen molar-refractivity contribution in [2.75, 3.05) is 0 Å². The van der Waals surface area contributed by atoms with Crippen LogP contribution in [0.4, 0.5) is 4.39 Å². The zero-order valence-electron chi connectivity index (χ0n) is 8.70. The van der Waals surface area contributed by atoms with Crippen molar-refractivity contribution in [3.63, 3.8) is 0 Å². The van der Waals surface area contributed by atoms with E-state index < -0.39 is 11.6 Å². The number of hydrogen-bond acceptors (Lipinski definition) is 3. The first-order valence-electron chi connectivity index (χ1n) is 4.62. The standard InChI is InChI=1S/C12H10FNO2/c1-8(15)11(7-14)12(16)6-9-3-2-4-10(13)5-9/h2-5,15H,6H2,1H3/b11-8-. The number of hydrogen-bond donors (Lipinski definition) is 1. The normalized spacial score (nSPS) is 11.6. The van der Waals surface area contributed by atoms with E-state index in [0.29, 0.717) is 5.56 Å². The molecule has 0 aliphatic rings. The highest BCUT2D eigenvalue weighted by atomic mass is 19.1. The van der Waals surface area contributed by atoms with Crippen LogP contribution in [0.5, 0.6) is 0 Å². The van der Waals surface area contributed by atoms with Gasteiger partial charge in [-0.2, -0.15) is 5.26 Å². The predicted octanol–water partition coefficient (Wildman–Crippen LogP) is 2.29. The first-order chi connectivity index (χ1) is 7.54. The minimum Gasteiger partial charge on any atom is -0.511 e. The Bertz CT molecular complexity index is 482. The minimum absolute atomic E-state index is 0.0987. The van der Waals surface area contributed by atoms with Crippen molar-refractivity contribution in [2.24, 2.45) is 0 Å². The molecule has 0 aliphatic carbocycles. The van der Waals surface area contributed by atoms with Crippen molar-refractivity contribution in [1.29, 1.82) is 5.26 Å². The van der Waals surface area contributed by atoms with Crippen LogP contribution in [0.2, 0.25) is 0 Å². The highest BCUT2D eigenvalue weighted by molar-refractivity contribution is 6.00. The highest BCUT2D eigenvalue weighted by Gasteiger charge is 2.13. The van der Waals surface area contributed by atoms with Gasteiger partial charge in [0.1, 0.15) is 23.2 Å². The summed E-state index contributed by atoms with van der Waals surface area (Å²) in [5.41, 5.74) is 0.184. The van der Waals surface area contributed by atoms with Gasteiger partial charge in [0.15, 0.2) is 5.78 Å². The molecule has 4 heteroatoms. The molecule has 0 fully saturated rings. The Morgan fingerprint density at radius 3 is 2.75 bits per heavy atom. The van der Waals surface area contributed by atoms with Crippen LogP contribution >= 0.6 is 0 Å². The van der Waals surface area contributed by atoms with E-state index in [9.17, 15) is 9.18 Å². The molecule has 0 heterocycles. The van der Waals surface area contributed by atoms with Crippen LogP contribution in [0, 0.1) is 17.1 Å². The summed E-state index contributed by atoms with van der Waals surface area (Å²) in [5.74, 6) is -1.27. The van der Waals surface area contributed by atoms with Gasteiger partial charge in [0.25, 0.3) is 0 Å². The Morgan fingerprint density at radius 2 is 2.25 bits per heavy atom. The van der Waals surface area contributed by atoms with E-state index in [4.69, 9.17) is 10.4 Å². The van der Waals surface area contributed by atoms with E-state index in [1.807, 2.05) is 0 Å². The summed E-state index contributed by atoms with van der Waals surface area (Å²) in [4.78, 5) is 11.5. The van der Waals surface area contributed by atoms with E-state index in [2.05, 4.69) is 0 Å². The van der Waals surface area contributed by atoms with E-state index in [1.54, 1.807) is 12.1 Å². The first-order valence-corrected chi connectivity index (χ1v) is 4.62. The van der Waals surface area contributed by atoms with E-state index in [0.717, 1.165) is 0 Å². The zero-order valence-corrected chi connectivity index (χ0v) is 8.70. The fraction of sp³-hybridized carbons (Fsp3) is 0.167. The van der Waals surface area contributed by atoms with Crippen LogP contribution in [0.1, 0.15) is 12.5 Å². The number of allylic oxidation sites excluding steroid dienone is 2. The number of aliphatic hydroxyl groups excluding tert-OH is 1. The van der Waals surface area contributed by atoms with Crippen molar-refractivity contribution in [3.05, 3.63) is 47.0 Å². The summed E-state index contributed by atoms with van der Waals surface area (Å²) in [6.45, 7) is 1.27. The summed E-state index contributed by atoms with van der Waals surface area (Å²) < 4.78 is 12.8. The number of carbonyl (C=O) groups is 1. The van der Waals surface area contributed by atoms with Gasteiger partial charge in [-0.15, -0.1) is 0 Å². The van der Waals surface area contributed by atoms with Crippen molar-refractivity contribution in [1.82, 2.24) is 0 Å². The van der Waals surface area contributed by atoms with Gasteiger partial charge >= 0.3 is 0 Å². The third kappa shape index (κ3) is 2.92. The number of carbonyl (C=O) groups excluding carboxylic acids is 1. The number of ketones is 1. The molecule has 82 valence electrons. The number of nitriles is 1. The average molecular weight is 219 g/mol. The molecule has 16 heavy (non-hydrogen) atoms. The number of rotatable bonds is 3. The second-order valence-corrected chi connectivity index (χ2v) is 3.30. The summed E-state index contributed by atoms with van der Waals surface area (Å²) in [6, 6.07) is 7.19. The molecule has 1 aromatic carbocycles. The Morgan fingerprint density at radius 1 is 1.56 bits per heavy atom. The molecule has 0 radical (unpaired) electrons. The number of aliphatic hydroxyl groups is 1. The van der Waals surface area contributed by atoms with Gasteiger partial charge in [0.2, 0.25) is 0 Å². The van der Waals surface area contributed by atoms with Gasteiger partial charge < -0.3 is 5.11 Å². The summed E-state index contributed by atoms with van der Waals surface area (Å²) in [7, 11) is 0. The Hall–Kier alpha value is -2.15. The zero-order chi connectivity index (χ0) is 12.1. The fourth-order valence-corrected chi connectivity index (χ4v) is 1.27. The summed E-state index contributed by atoms with van der Waals surface area (Å²) >= 11 is 0. The molecular formula is C12H10FNO2. The summed E-state index contributed by atoms with van der Waals surface area (Å²) in [6.07, 6.45) is -0.0987. The first kappa shape index (κ1) is 11.9. The molecule has 0 unspecified atom stereocenters. The molecule has 3 nitrogen and oxygen atoms in total. The number of nitrogens with zero attached hydrogens (tertiary/aromatic N) is 1. The van der Waals surface area contributed by atoms with Gasteiger partial charge in [0.05, 0.1) is 0 Å². The molecule has 1 aromatic rings. The lowest BCUT2D eigenvalue weighted by Gasteiger charge is -2.01. The maximum absolute atomic E-state index is 12.8. The molecule has 1 N–H and O–H groups in total. The maximum Gasteiger partial charge on any atom is 0.181 e. The number of benzene rings is 1. The van der Waals surface area contributed by atoms with Crippen LogP contribution in [-0.4, -0.2) is 10.9 Å². The summed E-state index contributed by atoms with van der Waals surface area (Å²) in [5, 5.41) is 17.7. The largest absolute Gasteiger partial charge is 0.511 e. The van der Waals surface area contributed by atoms with Crippen molar-refractivity contribution in [2.45, 2.75) is 13.3 Å². The van der Waals surface area contributed by atoms with E-state index >= 15 is 0 Å². The van der Waals surface area contributed by atoms with Crippen molar-refractivity contribution < 1.29 is 14.3 Å². The monoisotopic (exact) mass is 219 g/mol. The van der Waals surface area contributed by atoms with Gasteiger partial charge in [-0.1, -0.05) is 12.1 Å². The third-order valence-electron chi connectivity index (χ3n) is 2.01. The van der Waals surface area contributed by atoms with Gasteiger partial charge in [-0.25, -0.2) is 4.39 Å². The molecule has 0 amide bonds. The molecule has 0 atom stereocenters. The van der Waals surface area contributed by atoms with Gasteiger partial charge in [-0.05, 0) is 24.6 Å². The van der Waals surface area contributed by atoms with Crippen molar-refractivity contribution >= 4 is 5.78 Å². The molecule has 0 saturated carbocycles. The van der Waals surface area contributed by atoms with Gasteiger partial charge in [0, 0.05) is 6.42 Å². The Labute approximate surface area is 92.4 Å². The van der Waals surface area contributed by atoms with Gasteiger partial charge in [-0.3, -0.25) is 4.79 Å². The average Bonchev–Trinajstić information content (AvgIpc) is 2.17. The quantitative estimate of drug-likeness (QED) is 0.482. The molecular weight excluding hydrogens is 209 g/mol. The van der Waals surface area contributed by atoms with Crippen LogP contribution < -0.4 is 0 Å². The van der Waals surface area contributed by atoms with Crippen molar-refractivity contribution in [3.8, 4) is 6.07 Å². The molecule has 0 saturated heterocycles. The lowest BCUT2D eigenvalue weighted by Crippen LogP contribution is -2.07. The molecule has 0 aliphatic heterocycles. The number of Topliss-reactive ketones (excluding diaryl/α,β-unsaturated/α-hetero) is 1. The lowest BCUT2D eigenvalue weighted by atomic mass is 10.0. The molecule has 1 rings (SSSR count). The Balaban J connectivity index is 2.88. The molecule has 0 spiro atoms. The highest BCUT2D eigenvalue weighted by Crippen LogP contribution is 2.09. The Kier molecular flexibility index (Phi) is 3.78. The van der Waals surface area contributed by atoms with Crippen LogP contribution in [0.3, 0.4) is 0 Å².